The zero-order valence-corrected chi connectivity index (χ0v) is 17.0. The molecule has 0 aromatic carbocycles. The molecule has 2 aliphatic heterocycles. The molecule has 4 heterocycles. The van der Waals surface area contributed by atoms with Gasteiger partial charge in [-0.2, -0.15) is 0 Å². The highest BCUT2D eigenvalue weighted by Crippen LogP contribution is 2.25. The van der Waals surface area contributed by atoms with Crippen molar-refractivity contribution in [3.63, 3.8) is 0 Å². The molecule has 2 saturated heterocycles. The average Bonchev–Trinajstić information content (AvgIpc) is 3.38. The molecule has 0 bridgehead atoms. The second kappa shape index (κ2) is 8.30. The van der Waals surface area contributed by atoms with E-state index in [0.717, 1.165) is 43.7 Å². The Morgan fingerprint density at radius 2 is 2.25 bits per heavy atom. The van der Waals surface area contributed by atoms with Gasteiger partial charge in [0.2, 0.25) is 5.91 Å². The zero-order chi connectivity index (χ0) is 19.5. The summed E-state index contributed by atoms with van der Waals surface area (Å²) in [5, 5.41) is 5.39. The van der Waals surface area contributed by atoms with Crippen LogP contribution in [-0.2, 0) is 17.6 Å². The van der Waals surface area contributed by atoms with E-state index in [-0.39, 0.29) is 24.4 Å². The Hall–Kier alpha value is -2.42. The Balaban J connectivity index is 1.39. The number of urea groups is 1. The fraction of sp³-hybridized carbons (Fsp3) is 0.579. The molecule has 9 heteroatoms. The molecule has 28 heavy (non-hydrogen) atoms. The number of amides is 3. The van der Waals surface area contributed by atoms with E-state index in [1.54, 1.807) is 4.90 Å². The minimum Gasteiger partial charge on any atom is -0.340 e. The van der Waals surface area contributed by atoms with Crippen LogP contribution < -0.4 is 10.2 Å². The summed E-state index contributed by atoms with van der Waals surface area (Å²) in [7, 11) is 0. The van der Waals surface area contributed by atoms with Crippen molar-refractivity contribution in [2.24, 2.45) is 0 Å². The maximum Gasteiger partial charge on any atom is 0.323 e. The minimum atomic E-state index is -0.107. The maximum atomic E-state index is 12.9. The summed E-state index contributed by atoms with van der Waals surface area (Å²) in [4.78, 5) is 37.4. The number of thiazole rings is 1. The number of imidazole rings is 1. The van der Waals surface area contributed by atoms with Crippen molar-refractivity contribution in [3.05, 3.63) is 29.3 Å². The van der Waals surface area contributed by atoms with E-state index >= 15 is 0 Å². The Kier molecular flexibility index (Phi) is 5.61. The molecule has 150 valence electrons. The van der Waals surface area contributed by atoms with Gasteiger partial charge in [-0.25, -0.2) is 14.8 Å². The van der Waals surface area contributed by atoms with Crippen LogP contribution in [-0.4, -0.2) is 57.6 Å². The van der Waals surface area contributed by atoms with Crippen LogP contribution in [0.15, 0.2) is 17.8 Å². The highest BCUT2D eigenvalue weighted by molar-refractivity contribution is 7.14. The van der Waals surface area contributed by atoms with Gasteiger partial charge < -0.3 is 14.8 Å². The number of hydrogen-bond acceptors (Lipinski definition) is 5. The quantitative estimate of drug-likeness (QED) is 0.831. The molecule has 0 aliphatic carbocycles. The first-order valence-electron chi connectivity index (χ1n) is 9.95. The molecule has 2 aromatic rings. The van der Waals surface area contributed by atoms with E-state index in [4.69, 9.17) is 0 Å². The molecule has 2 fully saturated rings. The molecular weight excluding hydrogens is 376 g/mol. The molecule has 4 rings (SSSR count). The smallest absolute Gasteiger partial charge is 0.323 e. The predicted octanol–water partition coefficient (Wildman–Crippen LogP) is 2.23. The van der Waals surface area contributed by atoms with Crippen molar-refractivity contribution in [1.82, 2.24) is 24.8 Å². The number of likely N-dealkylation sites (tertiary alicyclic amines) is 1. The first-order valence-corrected chi connectivity index (χ1v) is 10.8. The highest BCUT2D eigenvalue weighted by atomic mass is 32.1. The van der Waals surface area contributed by atoms with Gasteiger partial charge in [-0.1, -0.05) is 6.92 Å². The van der Waals surface area contributed by atoms with Gasteiger partial charge in [-0.05, 0) is 19.3 Å². The van der Waals surface area contributed by atoms with Crippen LogP contribution in [0.2, 0.25) is 0 Å². The first kappa shape index (κ1) is 18.9. The van der Waals surface area contributed by atoms with E-state index in [1.165, 1.54) is 11.3 Å². The topological polar surface area (TPSA) is 83.4 Å². The fourth-order valence-corrected chi connectivity index (χ4v) is 4.79. The Bertz CT molecular complexity index is 847. The van der Waals surface area contributed by atoms with Crippen LogP contribution in [0.5, 0.6) is 0 Å². The predicted molar refractivity (Wildman–Crippen MR) is 108 cm³/mol. The molecule has 1 unspecified atom stereocenters. The SMILES string of the molecule is CCc1nccn1C1CCCN(C(=O)Cc2csc(N3CCCNC3=O)n2)C1. The molecular formula is C19H26N6O2S. The van der Waals surface area contributed by atoms with E-state index in [1.807, 2.05) is 22.7 Å². The highest BCUT2D eigenvalue weighted by Gasteiger charge is 2.27. The summed E-state index contributed by atoms with van der Waals surface area (Å²) in [6, 6.07) is 0.183. The average molecular weight is 403 g/mol. The number of aryl methyl sites for hydroxylation is 1. The van der Waals surface area contributed by atoms with Crippen LogP contribution in [0.25, 0.3) is 0 Å². The lowest BCUT2D eigenvalue weighted by atomic mass is 10.0. The van der Waals surface area contributed by atoms with Gasteiger partial charge in [0.15, 0.2) is 5.13 Å². The lowest BCUT2D eigenvalue weighted by Crippen LogP contribution is -2.46. The summed E-state index contributed by atoms with van der Waals surface area (Å²) in [6.45, 7) is 4.99. The van der Waals surface area contributed by atoms with Crippen molar-refractivity contribution < 1.29 is 9.59 Å². The van der Waals surface area contributed by atoms with E-state index in [0.29, 0.717) is 24.8 Å². The molecule has 0 saturated carbocycles. The third-order valence-electron chi connectivity index (χ3n) is 5.39. The Labute approximate surface area is 168 Å². The summed E-state index contributed by atoms with van der Waals surface area (Å²) >= 11 is 1.42. The molecule has 0 radical (unpaired) electrons. The van der Waals surface area contributed by atoms with Gasteiger partial charge in [-0.15, -0.1) is 11.3 Å². The summed E-state index contributed by atoms with van der Waals surface area (Å²) < 4.78 is 2.22. The number of piperidine rings is 1. The number of hydrogen-bond donors (Lipinski definition) is 1. The van der Waals surface area contributed by atoms with Gasteiger partial charge in [0, 0.05) is 50.4 Å². The van der Waals surface area contributed by atoms with Crippen molar-refractivity contribution in [2.45, 2.75) is 45.1 Å². The van der Waals surface area contributed by atoms with Crippen LogP contribution in [0.4, 0.5) is 9.93 Å². The van der Waals surface area contributed by atoms with Crippen LogP contribution in [0.1, 0.15) is 43.7 Å². The third kappa shape index (κ3) is 3.89. The lowest BCUT2D eigenvalue weighted by molar-refractivity contribution is -0.132. The lowest BCUT2D eigenvalue weighted by Gasteiger charge is -2.34. The maximum absolute atomic E-state index is 12.9. The summed E-state index contributed by atoms with van der Waals surface area (Å²) in [5.74, 6) is 1.17. The van der Waals surface area contributed by atoms with Crippen LogP contribution in [0.3, 0.4) is 0 Å². The standard InChI is InChI=1S/C19H26N6O2S/c1-2-16-20-7-10-24(16)15-5-3-8-23(12-15)17(26)11-14-13-28-19(22-14)25-9-4-6-21-18(25)27/h7,10,13,15H,2-6,8-9,11-12H2,1H3,(H,21,27). The molecule has 1 atom stereocenters. The largest absolute Gasteiger partial charge is 0.340 e. The number of nitrogens with zero attached hydrogens (tertiary/aromatic N) is 5. The van der Waals surface area contributed by atoms with Gasteiger partial charge in [0.1, 0.15) is 5.82 Å². The second-order valence-electron chi connectivity index (χ2n) is 7.28. The number of nitrogens with one attached hydrogen (secondary N) is 1. The minimum absolute atomic E-state index is 0.0998. The number of rotatable bonds is 5. The molecule has 2 aliphatic rings. The zero-order valence-electron chi connectivity index (χ0n) is 16.1. The van der Waals surface area contributed by atoms with E-state index in [9.17, 15) is 9.59 Å². The van der Waals surface area contributed by atoms with E-state index < -0.39 is 0 Å². The van der Waals surface area contributed by atoms with Crippen LogP contribution in [0, 0.1) is 0 Å². The number of carbonyl (C=O) groups excluding carboxylic acids is 2. The Morgan fingerprint density at radius 1 is 1.36 bits per heavy atom. The number of anilines is 1. The Morgan fingerprint density at radius 3 is 3.07 bits per heavy atom. The molecule has 2 aromatic heterocycles. The van der Waals surface area contributed by atoms with Crippen molar-refractivity contribution >= 4 is 28.4 Å². The number of carbonyl (C=O) groups is 2. The molecule has 0 spiro atoms. The van der Waals surface area contributed by atoms with Gasteiger partial charge in [-0.3, -0.25) is 9.69 Å². The second-order valence-corrected chi connectivity index (χ2v) is 8.11. The van der Waals surface area contributed by atoms with Gasteiger partial charge >= 0.3 is 6.03 Å². The monoisotopic (exact) mass is 402 g/mol. The molecule has 8 nitrogen and oxygen atoms in total. The summed E-state index contributed by atoms with van der Waals surface area (Å²) in [6.07, 6.45) is 8.00. The number of aromatic nitrogens is 3. The third-order valence-corrected chi connectivity index (χ3v) is 6.30. The van der Waals surface area contributed by atoms with Gasteiger partial charge in [0.05, 0.1) is 18.2 Å². The van der Waals surface area contributed by atoms with Crippen molar-refractivity contribution in [2.75, 3.05) is 31.1 Å². The van der Waals surface area contributed by atoms with Crippen molar-refractivity contribution in [3.8, 4) is 0 Å². The van der Waals surface area contributed by atoms with Crippen LogP contribution >= 0.6 is 11.3 Å². The van der Waals surface area contributed by atoms with Crippen molar-refractivity contribution in [1.29, 1.82) is 0 Å². The molecule has 3 amide bonds. The summed E-state index contributed by atoms with van der Waals surface area (Å²) in [5.41, 5.74) is 0.738. The van der Waals surface area contributed by atoms with E-state index in [2.05, 4.69) is 26.8 Å². The fourth-order valence-electron chi connectivity index (χ4n) is 3.94. The first-order chi connectivity index (χ1) is 13.7. The molecule has 1 N–H and O–H groups in total. The normalized spacial score (nSPS) is 20.3. The van der Waals surface area contributed by atoms with Gasteiger partial charge in [0.25, 0.3) is 0 Å².